The number of sulfonamides is 1. The van der Waals surface area contributed by atoms with Crippen molar-refractivity contribution in [3.8, 4) is 17.6 Å². The van der Waals surface area contributed by atoms with Crippen molar-refractivity contribution in [3.63, 3.8) is 0 Å². The third kappa shape index (κ3) is 4.58. The van der Waals surface area contributed by atoms with Crippen molar-refractivity contribution < 1.29 is 23.2 Å². The van der Waals surface area contributed by atoms with Gasteiger partial charge in [0.05, 0.1) is 4.90 Å². The summed E-state index contributed by atoms with van der Waals surface area (Å²) in [5.41, 5.74) is 1.61. The third-order valence-electron chi connectivity index (χ3n) is 4.29. The highest BCUT2D eigenvalue weighted by Gasteiger charge is 2.51. The molecule has 1 aliphatic rings. The maximum atomic E-state index is 13.3. The van der Waals surface area contributed by atoms with E-state index in [1.165, 1.54) is 28.2 Å². The van der Waals surface area contributed by atoms with Gasteiger partial charge in [0.1, 0.15) is 18.4 Å². The van der Waals surface area contributed by atoms with Crippen LogP contribution in [0.3, 0.4) is 0 Å². The monoisotopic (exact) mass is 412 g/mol. The zero-order chi connectivity index (χ0) is 20.2. The van der Waals surface area contributed by atoms with Crippen molar-refractivity contribution in [1.29, 1.82) is 0 Å². The molecule has 1 aromatic carbocycles. The van der Waals surface area contributed by atoms with Crippen molar-refractivity contribution in [2.75, 3.05) is 12.4 Å². The molecule has 0 radical (unpaired) electrons. The number of hydrogen-bond donors (Lipinski definition) is 2. The topological polar surface area (TPSA) is 95.9 Å². The van der Waals surface area contributed by atoms with Gasteiger partial charge in [0.25, 0.3) is 5.91 Å². The quantitative estimate of drug-likeness (QED) is 0.435. The Morgan fingerprint density at radius 2 is 2.04 bits per heavy atom. The number of hydroxylamine groups is 1. The summed E-state index contributed by atoms with van der Waals surface area (Å²) in [6, 6.07) is 4.54. The highest BCUT2D eigenvalue weighted by atomic mass is 32.2. The van der Waals surface area contributed by atoms with Crippen LogP contribution in [0.4, 0.5) is 0 Å². The zero-order valence-electron chi connectivity index (χ0n) is 15.7. The van der Waals surface area contributed by atoms with Crippen LogP contribution in [0.5, 0.6) is 5.75 Å². The molecular weight excluding hydrogens is 388 g/mol. The molecule has 7 nitrogen and oxygen atoms in total. The van der Waals surface area contributed by atoms with Gasteiger partial charge in [-0.3, -0.25) is 10.0 Å². The molecular formula is C18H24N2O5S2. The highest BCUT2D eigenvalue weighted by Crippen LogP contribution is 2.41. The van der Waals surface area contributed by atoms with Gasteiger partial charge in [0.15, 0.2) is 0 Å². The van der Waals surface area contributed by atoms with Gasteiger partial charge in [0, 0.05) is 16.5 Å². The summed E-state index contributed by atoms with van der Waals surface area (Å²) in [4.78, 5) is 12.4. The molecule has 1 aromatic rings. The number of carbonyl (C=O) groups is 1. The Labute approximate surface area is 164 Å². The van der Waals surface area contributed by atoms with Crippen LogP contribution in [0.1, 0.15) is 27.7 Å². The first kappa shape index (κ1) is 21.6. The Kier molecular flexibility index (Phi) is 6.81. The second-order valence-corrected chi connectivity index (χ2v) is 10.2. The van der Waals surface area contributed by atoms with Crippen molar-refractivity contribution in [2.24, 2.45) is 0 Å². The Morgan fingerprint density at radius 1 is 1.41 bits per heavy atom. The number of nitrogens with zero attached hydrogens (tertiary/aromatic N) is 1. The molecule has 0 aromatic heterocycles. The van der Waals surface area contributed by atoms with Gasteiger partial charge in [-0.1, -0.05) is 5.92 Å². The van der Waals surface area contributed by atoms with Crippen molar-refractivity contribution in [2.45, 2.75) is 49.4 Å². The summed E-state index contributed by atoms with van der Waals surface area (Å²) in [5, 5.41) is 9.14. The van der Waals surface area contributed by atoms with E-state index in [2.05, 4.69) is 11.8 Å². The lowest BCUT2D eigenvalue weighted by Crippen LogP contribution is -2.63. The fourth-order valence-corrected chi connectivity index (χ4v) is 6.22. The maximum Gasteiger partial charge on any atom is 0.263 e. The Hall–Kier alpha value is -1.73. The van der Waals surface area contributed by atoms with E-state index in [0.717, 1.165) is 0 Å². The predicted octanol–water partition coefficient (Wildman–Crippen LogP) is 1.87. The standard InChI is InChI=1S/C18H24N2O5S2/c1-5-6-11-25-14-7-9-15(10-8-14)27(23,24)20-13(2)12-26-18(3,4)16(20)17(21)19-22/h7-10,13,16,22H,11-12H2,1-4H3,(H,19,21)/t13?,16-/m0/s1. The Bertz CT molecular complexity index is 841. The molecule has 27 heavy (non-hydrogen) atoms. The molecule has 0 saturated carbocycles. The van der Waals surface area contributed by atoms with E-state index in [4.69, 9.17) is 9.94 Å². The van der Waals surface area contributed by atoms with Crippen LogP contribution in [0.15, 0.2) is 29.2 Å². The smallest absolute Gasteiger partial charge is 0.263 e. The van der Waals surface area contributed by atoms with Crippen LogP contribution >= 0.6 is 11.8 Å². The summed E-state index contributed by atoms with van der Waals surface area (Å²) in [6.45, 7) is 7.25. The SMILES string of the molecule is CC#CCOc1ccc(S(=O)(=O)N2C(C)CSC(C)(C)[C@@H]2C(=O)NO)cc1. The van der Waals surface area contributed by atoms with E-state index >= 15 is 0 Å². The number of benzene rings is 1. The molecule has 2 atom stereocenters. The molecule has 2 rings (SSSR count). The van der Waals surface area contributed by atoms with Gasteiger partial charge >= 0.3 is 0 Å². The Balaban J connectivity index is 2.39. The second kappa shape index (κ2) is 8.52. The zero-order valence-corrected chi connectivity index (χ0v) is 17.4. The summed E-state index contributed by atoms with van der Waals surface area (Å²) in [5.74, 6) is 5.77. The molecule has 0 spiro atoms. The number of amides is 1. The molecule has 148 valence electrons. The average molecular weight is 413 g/mol. The van der Waals surface area contributed by atoms with E-state index < -0.39 is 32.8 Å². The van der Waals surface area contributed by atoms with E-state index in [0.29, 0.717) is 11.5 Å². The molecule has 1 heterocycles. The van der Waals surface area contributed by atoms with Crippen LogP contribution in [0.25, 0.3) is 0 Å². The van der Waals surface area contributed by atoms with Crippen LogP contribution in [-0.2, 0) is 14.8 Å². The van der Waals surface area contributed by atoms with Crippen LogP contribution in [0, 0.1) is 11.8 Å². The molecule has 2 N–H and O–H groups in total. The molecule has 1 unspecified atom stereocenters. The third-order valence-corrected chi connectivity index (χ3v) is 7.90. The van der Waals surface area contributed by atoms with Gasteiger partial charge in [-0.25, -0.2) is 13.9 Å². The fourth-order valence-electron chi connectivity index (χ4n) is 2.94. The minimum absolute atomic E-state index is 0.0571. The van der Waals surface area contributed by atoms with E-state index in [9.17, 15) is 13.2 Å². The van der Waals surface area contributed by atoms with E-state index in [-0.39, 0.29) is 11.5 Å². The molecule has 1 amide bonds. The fraction of sp³-hybridized carbons (Fsp3) is 0.500. The summed E-state index contributed by atoms with van der Waals surface area (Å²) < 4.78 is 32.5. The maximum absolute atomic E-state index is 13.3. The first-order valence-corrected chi connectivity index (χ1v) is 10.8. The number of ether oxygens (including phenoxy) is 1. The largest absolute Gasteiger partial charge is 0.481 e. The van der Waals surface area contributed by atoms with Crippen molar-refractivity contribution in [1.82, 2.24) is 9.79 Å². The number of nitrogens with one attached hydrogen (secondary N) is 1. The molecule has 9 heteroatoms. The Morgan fingerprint density at radius 3 is 2.59 bits per heavy atom. The van der Waals surface area contributed by atoms with E-state index in [1.54, 1.807) is 45.3 Å². The van der Waals surface area contributed by atoms with Gasteiger partial charge in [-0.2, -0.15) is 16.1 Å². The van der Waals surface area contributed by atoms with Gasteiger partial charge in [-0.05, 0) is 52.0 Å². The number of hydrogen-bond acceptors (Lipinski definition) is 6. The lowest BCUT2D eigenvalue weighted by molar-refractivity contribution is -0.134. The molecule has 1 saturated heterocycles. The molecule has 1 aliphatic heterocycles. The molecule has 0 aliphatic carbocycles. The van der Waals surface area contributed by atoms with Gasteiger partial charge in [0.2, 0.25) is 10.0 Å². The first-order valence-electron chi connectivity index (χ1n) is 8.39. The van der Waals surface area contributed by atoms with Crippen molar-refractivity contribution >= 4 is 27.7 Å². The second-order valence-electron chi connectivity index (χ2n) is 6.66. The minimum atomic E-state index is -3.96. The molecule has 1 fully saturated rings. The number of thioether (sulfide) groups is 1. The summed E-state index contributed by atoms with van der Waals surface area (Å²) >= 11 is 1.50. The van der Waals surface area contributed by atoms with Gasteiger partial charge < -0.3 is 4.74 Å². The number of carbonyl (C=O) groups excluding carboxylic acids is 1. The van der Waals surface area contributed by atoms with Gasteiger partial charge in [-0.15, -0.1) is 5.92 Å². The minimum Gasteiger partial charge on any atom is -0.481 e. The van der Waals surface area contributed by atoms with Crippen LogP contribution in [0.2, 0.25) is 0 Å². The van der Waals surface area contributed by atoms with Crippen molar-refractivity contribution in [3.05, 3.63) is 24.3 Å². The summed E-state index contributed by atoms with van der Waals surface area (Å²) in [6.07, 6.45) is 0. The molecule has 0 bridgehead atoms. The normalized spacial score (nSPS) is 22.4. The highest BCUT2D eigenvalue weighted by molar-refractivity contribution is 8.01. The van der Waals surface area contributed by atoms with E-state index in [1.807, 2.05) is 0 Å². The lowest BCUT2D eigenvalue weighted by Gasteiger charge is -2.46. The lowest BCUT2D eigenvalue weighted by atomic mass is 10.0. The summed E-state index contributed by atoms with van der Waals surface area (Å²) in [7, 11) is -3.96. The first-order chi connectivity index (χ1) is 12.6. The van der Waals surface area contributed by atoms with Crippen LogP contribution < -0.4 is 10.2 Å². The number of rotatable bonds is 5. The predicted molar refractivity (Wildman–Crippen MR) is 104 cm³/mol. The average Bonchev–Trinajstić information content (AvgIpc) is 2.63. The van der Waals surface area contributed by atoms with Crippen LogP contribution in [-0.4, -0.2) is 53.0 Å².